The Balaban J connectivity index is 1.52. The average molecular weight is 373 g/mol. The van der Waals surface area contributed by atoms with Gasteiger partial charge in [-0.3, -0.25) is 0 Å². The van der Waals surface area contributed by atoms with Gasteiger partial charge in [-0.25, -0.2) is 9.59 Å². The van der Waals surface area contributed by atoms with Crippen LogP contribution in [0.2, 0.25) is 0 Å². The van der Waals surface area contributed by atoms with E-state index in [2.05, 4.69) is 34.3 Å². The highest BCUT2D eigenvalue weighted by Crippen LogP contribution is 2.22. The standard InChI is InChI=1S/C20H27N3O4/c1-20(2)26-18(24)17(19(25)27-20)14-21-16-6-4-15(5-7-16)8-9-23-12-10-22(3)11-13-23/h4-7,14,21H,8-13H2,1-3H3. The number of anilines is 1. The summed E-state index contributed by atoms with van der Waals surface area (Å²) in [5.41, 5.74) is 1.90. The number of nitrogens with zero attached hydrogens (tertiary/aromatic N) is 2. The molecule has 2 heterocycles. The molecule has 0 aromatic heterocycles. The van der Waals surface area contributed by atoms with Gasteiger partial charge in [-0.05, 0) is 31.2 Å². The van der Waals surface area contributed by atoms with E-state index in [1.807, 2.05) is 12.1 Å². The number of likely N-dealkylation sites (N-methyl/N-ethyl adjacent to an activating group) is 1. The lowest BCUT2D eigenvalue weighted by Gasteiger charge is -2.32. The molecule has 0 unspecified atom stereocenters. The number of piperazine rings is 1. The highest BCUT2D eigenvalue weighted by Gasteiger charge is 2.38. The number of ether oxygens (including phenoxy) is 2. The van der Waals surface area contributed by atoms with Crippen molar-refractivity contribution in [2.75, 3.05) is 45.1 Å². The van der Waals surface area contributed by atoms with Crippen molar-refractivity contribution < 1.29 is 19.1 Å². The summed E-state index contributed by atoms with van der Waals surface area (Å²) < 4.78 is 10.1. The van der Waals surface area contributed by atoms with Gasteiger partial charge in [-0.15, -0.1) is 0 Å². The fourth-order valence-corrected chi connectivity index (χ4v) is 3.06. The van der Waals surface area contributed by atoms with Crippen LogP contribution >= 0.6 is 0 Å². The molecule has 0 radical (unpaired) electrons. The van der Waals surface area contributed by atoms with Gasteiger partial charge in [0.1, 0.15) is 0 Å². The van der Waals surface area contributed by atoms with Crippen LogP contribution in [0.3, 0.4) is 0 Å². The summed E-state index contributed by atoms with van der Waals surface area (Å²) in [5, 5.41) is 2.96. The van der Waals surface area contributed by atoms with Crippen molar-refractivity contribution in [2.45, 2.75) is 26.1 Å². The Morgan fingerprint density at radius 2 is 1.63 bits per heavy atom. The lowest BCUT2D eigenvalue weighted by Crippen LogP contribution is -2.45. The summed E-state index contributed by atoms with van der Waals surface area (Å²) in [5.74, 6) is -2.60. The number of cyclic esters (lactones) is 2. The first-order chi connectivity index (χ1) is 12.8. The second-order valence-electron chi connectivity index (χ2n) is 7.47. The molecule has 0 spiro atoms. The van der Waals surface area contributed by atoms with Crippen molar-refractivity contribution >= 4 is 17.6 Å². The molecule has 146 valence electrons. The molecule has 0 aliphatic carbocycles. The Bertz CT molecular complexity index is 697. The number of carbonyl (C=O) groups is 2. The molecule has 0 saturated carbocycles. The third-order valence-electron chi connectivity index (χ3n) is 4.77. The number of hydrogen-bond donors (Lipinski definition) is 1. The van der Waals surface area contributed by atoms with Gasteiger partial charge >= 0.3 is 11.9 Å². The van der Waals surface area contributed by atoms with Crippen LogP contribution in [-0.4, -0.2) is 67.3 Å². The molecule has 1 aromatic carbocycles. The Morgan fingerprint density at radius 1 is 1.04 bits per heavy atom. The third kappa shape index (κ3) is 5.30. The first-order valence-electron chi connectivity index (χ1n) is 9.26. The summed E-state index contributed by atoms with van der Waals surface area (Å²) in [7, 11) is 2.16. The lowest BCUT2D eigenvalue weighted by atomic mass is 10.1. The topological polar surface area (TPSA) is 71.1 Å². The maximum atomic E-state index is 11.9. The molecule has 2 saturated heterocycles. The molecule has 3 rings (SSSR count). The first kappa shape index (κ1) is 19.4. The minimum absolute atomic E-state index is 0.145. The quantitative estimate of drug-likeness (QED) is 0.478. The van der Waals surface area contributed by atoms with E-state index in [-0.39, 0.29) is 5.57 Å². The van der Waals surface area contributed by atoms with E-state index >= 15 is 0 Å². The second kappa shape index (κ2) is 8.10. The molecule has 2 aliphatic rings. The van der Waals surface area contributed by atoms with Crippen LogP contribution in [-0.2, 0) is 25.5 Å². The number of nitrogens with one attached hydrogen (secondary N) is 1. The number of hydrogen-bond acceptors (Lipinski definition) is 7. The van der Waals surface area contributed by atoms with E-state index in [4.69, 9.17) is 9.47 Å². The molecule has 7 nitrogen and oxygen atoms in total. The fourth-order valence-electron chi connectivity index (χ4n) is 3.06. The Hall–Kier alpha value is -2.38. The van der Waals surface area contributed by atoms with E-state index in [9.17, 15) is 9.59 Å². The lowest BCUT2D eigenvalue weighted by molar-refractivity contribution is -0.222. The van der Waals surface area contributed by atoms with Crippen molar-refractivity contribution in [3.63, 3.8) is 0 Å². The summed E-state index contributed by atoms with van der Waals surface area (Å²) in [6.45, 7) is 8.58. The van der Waals surface area contributed by atoms with Crippen molar-refractivity contribution in [3.05, 3.63) is 41.6 Å². The van der Waals surface area contributed by atoms with Crippen molar-refractivity contribution in [1.82, 2.24) is 9.80 Å². The normalized spacial score (nSPS) is 20.8. The summed E-state index contributed by atoms with van der Waals surface area (Å²) in [4.78, 5) is 28.7. The van der Waals surface area contributed by atoms with Gasteiger partial charge in [0, 0.05) is 58.5 Å². The molecule has 0 atom stereocenters. The van der Waals surface area contributed by atoms with Crippen LogP contribution in [0.1, 0.15) is 19.4 Å². The first-order valence-corrected chi connectivity index (χ1v) is 9.26. The molecule has 0 amide bonds. The zero-order valence-electron chi connectivity index (χ0n) is 16.2. The van der Waals surface area contributed by atoms with Gasteiger partial charge in [0.25, 0.3) is 5.79 Å². The Morgan fingerprint density at radius 3 is 2.22 bits per heavy atom. The van der Waals surface area contributed by atoms with Gasteiger partial charge < -0.3 is 24.6 Å². The minimum atomic E-state index is -1.23. The zero-order valence-corrected chi connectivity index (χ0v) is 16.2. The second-order valence-corrected chi connectivity index (χ2v) is 7.47. The number of esters is 2. The number of rotatable bonds is 5. The highest BCUT2D eigenvalue weighted by atomic mass is 16.7. The van der Waals surface area contributed by atoms with E-state index in [0.29, 0.717) is 0 Å². The van der Waals surface area contributed by atoms with Crippen molar-refractivity contribution in [1.29, 1.82) is 0 Å². The summed E-state index contributed by atoms with van der Waals surface area (Å²) >= 11 is 0. The van der Waals surface area contributed by atoms with Crippen LogP contribution in [0.15, 0.2) is 36.0 Å². The third-order valence-corrected chi connectivity index (χ3v) is 4.77. The predicted molar refractivity (Wildman–Crippen MR) is 102 cm³/mol. The van der Waals surface area contributed by atoms with Gasteiger partial charge in [0.2, 0.25) is 0 Å². The molecule has 7 heteroatoms. The molecule has 0 bridgehead atoms. The Kier molecular flexibility index (Phi) is 5.82. The molecule has 1 aromatic rings. The monoisotopic (exact) mass is 373 g/mol. The van der Waals surface area contributed by atoms with Gasteiger partial charge in [-0.1, -0.05) is 12.1 Å². The number of carbonyl (C=O) groups excluding carboxylic acids is 2. The van der Waals surface area contributed by atoms with E-state index in [1.165, 1.54) is 25.6 Å². The van der Waals surface area contributed by atoms with E-state index < -0.39 is 17.7 Å². The molecule has 27 heavy (non-hydrogen) atoms. The van der Waals surface area contributed by atoms with Gasteiger partial charge in [0.05, 0.1) is 0 Å². The largest absolute Gasteiger partial charge is 0.419 e. The summed E-state index contributed by atoms with van der Waals surface area (Å²) in [6, 6.07) is 7.97. The Labute approximate surface area is 159 Å². The molecule has 2 aliphatic heterocycles. The van der Waals surface area contributed by atoms with Crippen molar-refractivity contribution in [3.8, 4) is 0 Å². The zero-order chi connectivity index (χ0) is 19.4. The van der Waals surface area contributed by atoms with Crippen LogP contribution in [0, 0.1) is 0 Å². The van der Waals surface area contributed by atoms with E-state index in [0.717, 1.165) is 44.8 Å². The van der Waals surface area contributed by atoms with Crippen LogP contribution in [0.25, 0.3) is 0 Å². The minimum Gasteiger partial charge on any atom is -0.419 e. The molecular formula is C20H27N3O4. The van der Waals surface area contributed by atoms with Crippen LogP contribution in [0.4, 0.5) is 5.69 Å². The highest BCUT2D eigenvalue weighted by molar-refractivity contribution is 6.15. The predicted octanol–water partition coefficient (Wildman–Crippen LogP) is 1.61. The van der Waals surface area contributed by atoms with E-state index in [1.54, 1.807) is 0 Å². The summed E-state index contributed by atoms with van der Waals surface area (Å²) in [6.07, 6.45) is 2.33. The van der Waals surface area contributed by atoms with Crippen molar-refractivity contribution in [2.24, 2.45) is 0 Å². The maximum Gasteiger partial charge on any atom is 0.350 e. The molecule has 1 N–H and O–H groups in total. The smallest absolute Gasteiger partial charge is 0.350 e. The van der Waals surface area contributed by atoms with Gasteiger partial charge in [0.15, 0.2) is 5.57 Å². The van der Waals surface area contributed by atoms with Crippen LogP contribution in [0.5, 0.6) is 0 Å². The van der Waals surface area contributed by atoms with Gasteiger partial charge in [-0.2, -0.15) is 0 Å². The number of benzene rings is 1. The SMILES string of the molecule is CN1CCN(CCc2ccc(NC=C3C(=O)OC(C)(C)OC3=O)cc2)CC1. The fraction of sp³-hybridized carbons (Fsp3) is 0.500. The van der Waals surface area contributed by atoms with Crippen LogP contribution < -0.4 is 5.32 Å². The molecular weight excluding hydrogens is 346 g/mol. The maximum absolute atomic E-state index is 11.9. The molecule has 2 fully saturated rings. The average Bonchev–Trinajstić information content (AvgIpc) is 2.60.